The van der Waals surface area contributed by atoms with Crippen molar-refractivity contribution in [3.63, 3.8) is 0 Å². The molecule has 21 heavy (non-hydrogen) atoms. The maximum atomic E-state index is 12.6. The van der Waals surface area contributed by atoms with Gasteiger partial charge in [0.1, 0.15) is 5.75 Å². The van der Waals surface area contributed by atoms with E-state index in [0.29, 0.717) is 25.4 Å². The summed E-state index contributed by atoms with van der Waals surface area (Å²) < 4.78 is 5.85. The molecule has 4 nitrogen and oxygen atoms in total. The second kappa shape index (κ2) is 6.94. The Bertz CT molecular complexity index is 500. The van der Waals surface area contributed by atoms with Crippen molar-refractivity contribution in [1.29, 1.82) is 0 Å². The molecule has 2 rings (SSSR count). The van der Waals surface area contributed by atoms with E-state index in [2.05, 4.69) is 26.0 Å². The van der Waals surface area contributed by atoms with Gasteiger partial charge in [-0.1, -0.05) is 26.8 Å². The number of hydrogen-bond acceptors (Lipinski definition) is 3. The van der Waals surface area contributed by atoms with Crippen LogP contribution < -0.4 is 15.4 Å². The number of anilines is 1. The third-order valence-corrected chi connectivity index (χ3v) is 3.96. The van der Waals surface area contributed by atoms with Crippen LogP contribution in [0.25, 0.3) is 0 Å². The molecule has 0 radical (unpaired) electrons. The molecule has 1 unspecified atom stereocenters. The summed E-state index contributed by atoms with van der Waals surface area (Å²) in [5.74, 6) is 1.32. The van der Waals surface area contributed by atoms with Crippen molar-refractivity contribution in [3.05, 3.63) is 23.8 Å². The zero-order valence-corrected chi connectivity index (χ0v) is 13.3. The summed E-state index contributed by atoms with van der Waals surface area (Å²) in [4.78, 5) is 14.4. The summed E-state index contributed by atoms with van der Waals surface area (Å²) in [7, 11) is 0. The van der Waals surface area contributed by atoms with Crippen molar-refractivity contribution in [2.75, 3.05) is 18.0 Å². The molecule has 1 aliphatic heterocycles. The van der Waals surface area contributed by atoms with E-state index < -0.39 is 0 Å². The van der Waals surface area contributed by atoms with Crippen LogP contribution in [-0.2, 0) is 4.79 Å². The highest BCUT2D eigenvalue weighted by Crippen LogP contribution is 2.37. The van der Waals surface area contributed by atoms with Gasteiger partial charge in [-0.15, -0.1) is 0 Å². The topological polar surface area (TPSA) is 55.6 Å². The van der Waals surface area contributed by atoms with Crippen LogP contribution >= 0.6 is 0 Å². The molecule has 116 valence electrons. The number of carbonyl (C=O) groups excluding carboxylic acids is 1. The summed E-state index contributed by atoms with van der Waals surface area (Å²) in [6, 6.07) is 6.17. The van der Waals surface area contributed by atoms with Crippen LogP contribution in [0.1, 0.15) is 51.5 Å². The molecule has 0 bridgehead atoms. The Morgan fingerprint density at radius 2 is 2.10 bits per heavy atom. The summed E-state index contributed by atoms with van der Waals surface area (Å²) in [6.45, 7) is 7.66. The van der Waals surface area contributed by atoms with E-state index in [1.807, 2.05) is 17.9 Å². The van der Waals surface area contributed by atoms with Gasteiger partial charge in [0.2, 0.25) is 0 Å². The lowest BCUT2D eigenvalue weighted by atomic mass is 10.0. The molecular weight excluding hydrogens is 264 g/mol. The molecule has 4 heteroatoms. The largest absolute Gasteiger partial charge is 0.478 e. The van der Waals surface area contributed by atoms with Gasteiger partial charge in [-0.25, -0.2) is 0 Å². The van der Waals surface area contributed by atoms with E-state index in [1.165, 1.54) is 5.56 Å². The Morgan fingerprint density at radius 1 is 1.33 bits per heavy atom. The molecule has 2 N–H and O–H groups in total. The minimum atomic E-state index is -0.361. The Labute approximate surface area is 127 Å². The molecule has 1 aromatic carbocycles. The first-order chi connectivity index (χ1) is 10.1. The van der Waals surface area contributed by atoms with Crippen molar-refractivity contribution in [2.24, 2.45) is 5.73 Å². The van der Waals surface area contributed by atoms with Gasteiger partial charge in [-0.3, -0.25) is 4.79 Å². The Kier molecular flexibility index (Phi) is 5.23. The Hall–Kier alpha value is -1.55. The van der Waals surface area contributed by atoms with Gasteiger partial charge >= 0.3 is 0 Å². The lowest BCUT2D eigenvalue weighted by molar-refractivity contribution is -0.126. The number of unbranched alkanes of at least 4 members (excludes halogenated alkanes) is 1. The molecular formula is C17H26N2O2. The van der Waals surface area contributed by atoms with Crippen molar-refractivity contribution >= 4 is 11.6 Å². The number of fused-ring (bicyclic) bond motifs is 1. The second-order valence-corrected chi connectivity index (χ2v) is 5.88. The Morgan fingerprint density at radius 3 is 2.71 bits per heavy atom. The van der Waals surface area contributed by atoms with E-state index in [4.69, 9.17) is 10.5 Å². The minimum absolute atomic E-state index is 0.0722. The van der Waals surface area contributed by atoms with E-state index in [1.54, 1.807) is 0 Å². The SMILES string of the molecule is CCC1Oc2ccc(C(C)C)cc2N(CCCCN)C1=O. The van der Waals surface area contributed by atoms with Crippen LogP contribution in [0.4, 0.5) is 5.69 Å². The lowest BCUT2D eigenvalue weighted by Crippen LogP contribution is -2.46. The van der Waals surface area contributed by atoms with Crippen molar-refractivity contribution in [1.82, 2.24) is 0 Å². The number of nitrogens with zero attached hydrogens (tertiary/aromatic N) is 1. The van der Waals surface area contributed by atoms with Gasteiger partial charge < -0.3 is 15.4 Å². The monoisotopic (exact) mass is 290 g/mol. The number of hydrogen-bond donors (Lipinski definition) is 1. The third kappa shape index (κ3) is 3.38. The van der Waals surface area contributed by atoms with E-state index in [-0.39, 0.29) is 12.0 Å². The molecule has 0 saturated carbocycles. The fourth-order valence-electron chi connectivity index (χ4n) is 2.60. The molecule has 1 aromatic rings. The highest BCUT2D eigenvalue weighted by atomic mass is 16.5. The molecule has 0 fully saturated rings. The highest BCUT2D eigenvalue weighted by molar-refractivity contribution is 6.00. The van der Waals surface area contributed by atoms with Crippen LogP contribution in [-0.4, -0.2) is 25.1 Å². The number of amides is 1. The molecule has 0 aromatic heterocycles. The predicted molar refractivity (Wildman–Crippen MR) is 85.9 cm³/mol. The highest BCUT2D eigenvalue weighted by Gasteiger charge is 2.33. The average Bonchev–Trinajstić information content (AvgIpc) is 2.48. The normalized spacial score (nSPS) is 17.9. The van der Waals surface area contributed by atoms with Gasteiger partial charge in [0.15, 0.2) is 6.10 Å². The second-order valence-electron chi connectivity index (χ2n) is 5.88. The quantitative estimate of drug-likeness (QED) is 0.819. The van der Waals surface area contributed by atoms with E-state index >= 15 is 0 Å². The number of nitrogens with two attached hydrogens (primary N) is 1. The van der Waals surface area contributed by atoms with Gasteiger partial charge in [-0.05, 0) is 49.4 Å². The third-order valence-electron chi connectivity index (χ3n) is 3.96. The maximum absolute atomic E-state index is 12.6. The molecule has 0 saturated heterocycles. The van der Waals surface area contributed by atoms with Crippen LogP contribution in [0.5, 0.6) is 5.75 Å². The van der Waals surface area contributed by atoms with E-state index in [0.717, 1.165) is 24.3 Å². The minimum Gasteiger partial charge on any atom is -0.478 e. The molecule has 1 aliphatic rings. The molecule has 0 aliphatic carbocycles. The molecule has 1 heterocycles. The van der Waals surface area contributed by atoms with Crippen LogP contribution in [0.3, 0.4) is 0 Å². The maximum Gasteiger partial charge on any atom is 0.268 e. The first-order valence-electron chi connectivity index (χ1n) is 7.90. The zero-order valence-electron chi connectivity index (χ0n) is 13.3. The zero-order chi connectivity index (χ0) is 15.4. The predicted octanol–water partition coefficient (Wildman–Crippen LogP) is 3.05. The van der Waals surface area contributed by atoms with E-state index in [9.17, 15) is 4.79 Å². The summed E-state index contributed by atoms with van der Waals surface area (Å²) >= 11 is 0. The first kappa shape index (κ1) is 15.8. The molecule has 1 amide bonds. The van der Waals surface area contributed by atoms with Crippen LogP contribution in [0.2, 0.25) is 0 Å². The summed E-state index contributed by atoms with van der Waals surface area (Å²) in [5.41, 5.74) is 7.70. The van der Waals surface area contributed by atoms with Crippen LogP contribution in [0.15, 0.2) is 18.2 Å². The van der Waals surface area contributed by atoms with Crippen molar-refractivity contribution in [2.45, 2.75) is 52.1 Å². The first-order valence-corrected chi connectivity index (χ1v) is 7.90. The summed E-state index contributed by atoms with van der Waals surface area (Å²) in [6.07, 6.45) is 2.18. The van der Waals surface area contributed by atoms with Crippen molar-refractivity contribution < 1.29 is 9.53 Å². The van der Waals surface area contributed by atoms with Gasteiger partial charge in [0, 0.05) is 6.54 Å². The van der Waals surface area contributed by atoms with Gasteiger partial charge in [0.25, 0.3) is 5.91 Å². The average molecular weight is 290 g/mol. The number of ether oxygens (including phenoxy) is 1. The number of carbonyl (C=O) groups is 1. The van der Waals surface area contributed by atoms with Crippen molar-refractivity contribution in [3.8, 4) is 5.75 Å². The molecule has 0 spiro atoms. The van der Waals surface area contributed by atoms with Gasteiger partial charge in [-0.2, -0.15) is 0 Å². The number of benzene rings is 1. The lowest BCUT2D eigenvalue weighted by Gasteiger charge is -2.34. The number of rotatable bonds is 6. The fourth-order valence-corrected chi connectivity index (χ4v) is 2.60. The van der Waals surface area contributed by atoms with Gasteiger partial charge in [0.05, 0.1) is 5.69 Å². The van der Waals surface area contributed by atoms with Crippen LogP contribution in [0, 0.1) is 0 Å². The molecule has 1 atom stereocenters. The smallest absolute Gasteiger partial charge is 0.268 e. The standard InChI is InChI=1S/C17H26N2O2/c1-4-15-17(20)19(10-6-5-9-18)14-11-13(12(2)3)7-8-16(14)21-15/h7-8,11-12,15H,4-6,9-10,18H2,1-3H3. The Balaban J connectivity index is 2.32. The summed E-state index contributed by atoms with van der Waals surface area (Å²) in [5, 5.41) is 0. The fraction of sp³-hybridized carbons (Fsp3) is 0.588.